The van der Waals surface area contributed by atoms with Crippen molar-refractivity contribution in [2.75, 3.05) is 0 Å². The molecule has 3 nitrogen and oxygen atoms in total. The van der Waals surface area contributed by atoms with E-state index in [1.165, 1.54) is 11.3 Å². The van der Waals surface area contributed by atoms with E-state index in [-0.39, 0.29) is 0 Å². The summed E-state index contributed by atoms with van der Waals surface area (Å²) < 4.78 is 4.75. The molecule has 0 aliphatic heterocycles. The van der Waals surface area contributed by atoms with Crippen molar-refractivity contribution < 1.29 is 9.53 Å². The highest BCUT2D eigenvalue weighted by Gasteiger charge is 2.05. The SMILES string of the molecule is C=CCc1ccsc1OC(N)=O. The van der Waals surface area contributed by atoms with Crippen LogP contribution >= 0.6 is 11.3 Å². The number of thiophene rings is 1. The predicted molar refractivity (Wildman–Crippen MR) is 48.4 cm³/mol. The Kier molecular flexibility index (Phi) is 2.88. The molecule has 0 aliphatic rings. The smallest absolute Gasteiger partial charge is 0.399 e. The third-order valence-electron chi connectivity index (χ3n) is 1.26. The highest BCUT2D eigenvalue weighted by Crippen LogP contribution is 2.26. The van der Waals surface area contributed by atoms with Gasteiger partial charge in [0.25, 0.3) is 0 Å². The fourth-order valence-electron chi connectivity index (χ4n) is 0.810. The second kappa shape index (κ2) is 3.92. The monoisotopic (exact) mass is 183 g/mol. The molecule has 1 heterocycles. The molecule has 0 unspecified atom stereocenters. The summed E-state index contributed by atoms with van der Waals surface area (Å²) in [7, 11) is 0. The Morgan fingerprint density at radius 3 is 3.17 bits per heavy atom. The fraction of sp³-hybridized carbons (Fsp3) is 0.125. The standard InChI is InChI=1S/C8H9NO2S/c1-2-3-6-4-5-12-7(6)11-8(9)10/h2,4-5H,1,3H2,(H2,9,10). The van der Waals surface area contributed by atoms with Crippen molar-refractivity contribution in [2.24, 2.45) is 5.73 Å². The molecule has 4 heteroatoms. The van der Waals surface area contributed by atoms with E-state index in [9.17, 15) is 4.79 Å². The van der Waals surface area contributed by atoms with Crippen molar-refractivity contribution in [3.63, 3.8) is 0 Å². The quantitative estimate of drug-likeness (QED) is 0.728. The molecular formula is C8H9NO2S. The zero-order chi connectivity index (χ0) is 8.97. The van der Waals surface area contributed by atoms with Gasteiger partial charge in [-0.15, -0.1) is 17.9 Å². The van der Waals surface area contributed by atoms with E-state index in [1.54, 1.807) is 6.08 Å². The van der Waals surface area contributed by atoms with Crippen molar-refractivity contribution in [3.05, 3.63) is 29.7 Å². The van der Waals surface area contributed by atoms with Crippen molar-refractivity contribution in [2.45, 2.75) is 6.42 Å². The fourth-order valence-corrected chi connectivity index (χ4v) is 1.60. The van der Waals surface area contributed by atoms with Gasteiger partial charge in [-0.25, -0.2) is 4.79 Å². The van der Waals surface area contributed by atoms with Gasteiger partial charge >= 0.3 is 6.09 Å². The van der Waals surface area contributed by atoms with E-state index in [0.29, 0.717) is 11.5 Å². The van der Waals surface area contributed by atoms with E-state index in [4.69, 9.17) is 10.5 Å². The summed E-state index contributed by atoms with van der Waals surface area (Å²) in [5, 5.41) is 2.40. The summed E-state index contributed by atoms with van der Waals surface area (Å²) in [6.07, 6.45) is 1.66. The topological polar surface area (TPSA) is 52.3 Å². The normalized spacial score (nSPS) is 9.33. The van der Waals surface area contributed by atoms with Gasteiger partial charge in [0.2, 0.25) is 0 Å². The van der Waals surface area contributed by atoms with Gasteiger partial charge in [0.05, 0.1) is 0 Å². The number of allylic oxidation sites excluding steroid dienone is 1. The molecule has 1 rings (SSSR count). The van der Waals surface area contributed by atoms with Crippen LogP contribution in [0.4, 0.5) is 4.79 Å². The number of ether oxygens (including phenoxy) is 1. The first kappa shape index (κ1) is 8.80. The lowest BCUT2D eigenvalue weighted by Crippen LogP contribution is -2.16. The summed E-state index contributed by atoms with van der Waals surface area (Å²) in [6.45, 7) is 3.59. The summed E-state index contributed by atoms with van der Waals surface area (Å²) >= 11 is 1.35. The van der Waals surface area contributed by atoms with Crippen LogP contribution in [0.15, 0.2) is 24.1 Å². The van der Waals surface area contributed by atoms with E-state index in [0.717, 1.165) is 5.56 Å². The van der Waals surface area contributed by atoms with Gasteiger partial charge in [-0.3, -0.25) is 0 Å². The number of carbonyl (C=O) groups is 1. The minimum atomic E-state index is -0.775. The molecule has 64 valence electrons. The third-order valence-corrected chi connectivity index (χ3v) is 2.10. The van der Waals surface area contributed by atoms with Gasteiger partial charge in [-0.1, -0.05) is 6.08 Å². The molecule has 1 aromatic heterocycles. The molecule has 0 radical (unpaired) electrons. The minimum Gasteiger partial charge on any atom is -0.399 e. The minimum absolute atomic E-state index is 0.558. The van der Waals surface area contributed by atoms with E-state index in [2.05, 4.69) is 6.58 Å². The molecule has 2 N–H and O–H groups in total. The van der Waals surface area contributed by atoms with Gasteiger partial charge in [0, 0.05) is 5.56 Å². The Morgan fingerprint density at radius 1 is 1.83 bits per heavy atom. The maximum absolute atomic E-state index is 10.4. The van der Waals surface area contributed by atoms with Crippen LogP contribution in [0.3, 0.4) is 0 Å². The number of hydrogen-bond donors (Lipinski definition) is 1. The molecule has 0 aliphatic carbocycles. The van der Waals surface area contributed by atoms with Crippen LogP contribution in [0, 0.1) is 0 Å². The lowest BCUT2D eigenvalue weighted by molar-refractivity contribution is 0.212. The van der Waals surface area contributed by atoms with Crippen LogP contribution < -0.4 is 10.5 Å². The molecule has 0 saturated heterocycles. The highest BCUT2D eigenvalue weighted by molar-refractivity contribution is 7.12. The van der Waals surface area contributed by atoms with Crippen molar-refractivity contribution in [3.8, 4) is 5.06 Å². The molecule has 0 bridgehead atoms. The first-order valence-corrected chi connectivity index (χ1v) is 4.26. The van der Waals surface area contributed by atoms with Crippen LogP contribution in [0.2, 0.25) is 0 Å². The van der Waals surface area contributed by atoms with Crippen molar-refractivity contribution >= 4 is 17.4 Å². The Bertz CT molecular complexity index is 293. The number of hydrogen-bond acceptors (Lipinski definition) is 3. The first-order valence-electron chi connectivity index (χ1n) is 3.38. The number of nitrogens with two attached hydrogens (primary N) is 1. The average Bonchev–Trinajstić information content (AvgIpc) is 2.37. The van der Waals surface area contributed by atoms with E-state index >= 15 is 0 Å². The van der Waals surface area contributed by atoms with Crippen LogP contribution in [0.5, 0.6) is 5.06 Å². The molecule has 0 fully saturated rings. The summed E-state index contributed by atoms with van der Waals surface area (Å²) in [5.74, 6) is 0. The number of primary amides is 1. The van der Waals surface area contributed by atoms with Crippen molar-refractivity contribution in [1.29, 1.82) is 0 Å². The van der Waals surface area contributed by atoms with E-state index < -0.39 is 6.09 Å². The molecule has 12 heavy (non-hydrogen) atoms. The van der Waals surface area contributed by atoms with Gasteiger partial charge in [0.1, 0.15) is 0 Å². The second-order valence-electron chi connectivity index (χ2n) is 2.15. The Hall–Kier alpha value is -1.29. The van der Waals surface area contributed by atoms with E-state index in [1.807, 2.05) is 11.4 Å². The van der Waals surface area contributed by atoms with Gasteiger partial charge in [-0.2, -0.15) is 0 Å². The Labute approximate surface area is 74.5 Å². The molecule has 0 saturated carbocycles. The Morgan fingerprint density at radius 2 is 2.58 bits per heavy atom. The molecule has 1 aromatic rings. The predicted octanol–water partition coefficient (Wildman–Crippen LogP) is 1.93. The summed E-state index contributed by atoms with van der Waals surface area (Å²) in [5.41, 5.74) is 5.81. The summed E-state index contributed by atoms with van der Waals surface area (Å²) in [4.78, 5) is 10.4. The third kappa shape index (κ3) is 2.10. The number of rotatable bonds is 3. The second-order valence-corrected chi connectivity index (χ2v) is 3.03. The number of carbonyl (C=O) groups excluding carboxylic acids is 1. The molecule has 0 aromatic carbocycles. The van der Waals surface area contributed by atoms with Crippen LogP contribution in [-0.2, 0) is 6.42 Å². The largest absolute Gasteiger partial charge is 0.410 e. The van der Waals surface area contributed by atoms with Gasteiger partial charge in [-0.05, 0) is 17.9 Å². The maximum atomic E-state index is 10.4. The lowest BCUT2D eigenvalue weighted by atomic mass is 10.2. The average molecular weight is 183 g/mol. The highest BCUT2D eigenvalue weighted by atomic mass is 32.1. The Balaban J connectivity index is 2.76. The van der Waals surface area contributed by atoms with Crippen molar-refractivity contribution in [1.82, 2.24) is 0 Å². The summed E-state index contributed by atoms with van der Waals surface area (Å²) in [6, 6.07) is 1.88. The van der Waals surface area contributed by atoms with Crippen LogP contribution in [-0.4, -0.2) is 6.09 Å². The molecule has 0 spiro atoms. The number of amides is 1. The van der Waals surface area contributed by atoms with Crippen LogP contribution in [0.1, 0.15) is 5.56 Å². The zero-order valence-electron chi connectivity index (χ0n) is 6.45. The van der Waals surface area contributed by atoms with Gasteiger partial charge < -0.3 is 10.5 Å². The lowest BCUT2D eigenvalue weighted by Gasteiger charge is -1.98. The first-order chi connectivity index (χ1) is 5.74. The molecule has 1 amide bonds. The van der Waals surface area contributed by atoms with Gasteiger partial charge in [0.15, 0.2) is 5.06 Å². The maximum Gasteiger partial charge on any atom is 0.410 e. The molecular weight excluding hydrogens is 174 g/mol. The zero-order valence-corrected chi connectivity index (χ0v) is 7.26. The van der Waals surface area contributed by atoms with Crippen LogP contribution in [0.25, 0.3) is 0 Å². The molecule has 0 atom stereocenters.